The van der Waals surface area contributed by atoms with Gasteiger partial charge in [0, 0.05) is 5.02 Å². The topological polar surface area (TPSA) is 79.0 Å². The van der Waals surface area contributed by atoms with Crippen molar-refractivity contribution in [1.82, 2.24) is 9.71 Å². The van der Waals surface area contributed by atoms with Crippen LogP contribution in [0.5, 0.6) is 0 Å². The van der Waals surface area contributed by atoms with Gasteiger partial charge in [0.1, 0.15) is 10.8 Å². The molecule has 2 N–H and O–H groups in total. The molecule has 0 unspecified atom stereocenters. The standard InChI is InChI=1S/C11H7Cl3N2O3S/c12-6-2-1-3-7(4-6)20(18,19)16-11(17)9-5-8(13)10(14)15-9/h1-5,15H,(H,16,17). The van der Waals surface area contributed by atoms with E-state index in [0.29, 0.717) is 0 Å². The van der Waals surface area contributed by atoms with Crippen molar-refractivity contribution in [2.24, 2.45) is 0 Å². The molecule has 0 aliphatic rings. The summed E-state index contributed by atoms with van der Waals surface area (Å²) in [5.74, 6) is -0.876. The van der Waals surface area contributed by atoms with Gasteiger partial charge in [0.05, 0.1) is 9.92 Å². The lowest BCUT2D eigenvalue weighted by atomic mass is 10.4. The van der Waals surface area contributed by atoms with Crippen LogP contribution in [-0.2, 0) is 10.0 Å². The van der Waals surface area contributed by atoms with Crippen LogP contribution >= 0.6 is 34.8 Å². The highest BCUT2D eigenvalue weighted by atomic mass is 35.5. The molecule has 0 aliphatic carbocycles. The fourth-order valence-corrected chi connectivity index (χ4v) is 2.98. The summed E-state index contributed by atoms with van der Waals surface area (Å²) in [4.78, 5) is 14.1. The second kappa shape index (κ2) is 5.65. The minimum absolute atomic E-state index is 0.0528. The monoisotopic (exact) mass is 352 g/mol. The van der Waals surface area contributed by atoms with Gasteiger partial charge in [-0.15, -0.1) is 0 Å². The van der Waals surface area contributed by atoms with Crippen molar-refractivity contribution >= 4 is 50.7 Å². The second-order valence-corrected chi connectivity index (χ2v) is 6.64. The van der Waals surface area contributed by atoms with Crippen molar-refractivity contribution in [3.8, 4) is 0 Å². The third kappa shape index (κ3) is 3.27. The first kappa shape index (κ1) is 15.2. The Labute approximate surface area is 129 Å². The van der Waals surface area contributed by atoms with E-state index in [1.165, 1.54) is 30.3 Å². The molecule has 106 valence electrons. The Morgan fingerprint density at radius 1 is 1.15 bits per heavy atom. The Bertz CT molecular complexity index is 751. The Morgan fingerprint density at radius 3 is 2.40 bits per heavy atom. The quantitative estimate of drug-likeness (QED) is 0.890. The Kier molecular flexibility index (Phi) is 4.29. The van der Waals surface area contributed by atoms with Crippen LogP contribution in [0.25, 0.3) is 0 Å². The normalized spacial score (nSPS) is 11.3. The van der Waals surface area contributed by atoms with E-state index in [2.05, 4.69) is 4.98 Å². The summed E-state index contributed by atoms with van der Waals surface area (Å²) in [6, 6.07) is 6.76. The lowest BCUT2D eigenvalue weighted by Crippen LogP contribution is -2.30. The second-order valence-electron chi connectivity index (χ2n) is 3.74. The van der Waals surface area contributed by atoms with E-state index in [4.69, 9.17) is 34.8 Å². The fraction of sp³-hybridized carbons (Fsp3) is 0. The van der Waals surface area contributed by atoms with E-state index in [-0.39, 0.29) is 25.8 Å². The number of halogens is 3. The highest BCUT2D eigenvalue weighted by molar-refractivity contribution is 7.90. The smallest absolute Gasteiger partial charge is 0.281 e. The third-order valence-electron chi connectivity index (χ3n) is 2.30. The van der Waals surface area contributed by atoms with Gasteiger partial charge in [0.25, 0.3) is 15.9 Å². The number of hydrogen-bond donors (Lipinski definition) is 2. The molecule has 0 saturated carbocycles. The minimum atomic E-state index is -4.02. The number of amides is 1. The molecule has 1 amide bonds. The first-order valence-electron chi connectivity index (χ1n) is 5.16. The van der Waals surface area contributed by atoms with Gasteiger partial charge in [0.15, 0.2) is 0 Å². The Morgan fingerprint density at radius 2 is 1.85 bits per heavy atom. The molecule has 5 nitrogen and oxygen atoms in total. The molecule has 1 aromatic carbocycles. The van der Waals surface area contributed by atoms with Crippen molar-refractivity contribution in [3.05, 3.63) is 51.2 Å². The number of H-pyrrole nitrogens is 1. The SMILES string of the molecule is O=C(NS(=O)(=O)c1cccc(Cl)c1)c1cc(Cl)c(Cl)[nH]1. The van der Waals surface area contributed by atoms with Crippen LogP contribution in [0, 0.1) is 0 Å². The number of rotatable bonds is 3. The molecule has 2 rings (SSSR count). The van der Waals surface area contributed by atoms with Crippen LogP contribution in [0.15, 0.2) is 35.2 Å². The number of nitrogens with one attached hydrogen (secondary N) is 2. The van der Waals surface area contributed by atoms with Crippen molar-refractivity contribution in [1.29, 1.82) is 0 Å². The number of benzene rings is 1. The highest BCUT2D eigenvalue weighted by Crippen LogP contribution is 2.22. The molecule has 1 aromatic heterocycles. The fourth-order valence-electron chi connectivity index (χ4n) is 1.40. The van der Waals surface area contributed by atoms with Crippen LogP contribution in [0.1, 0.15) is 10.5 Å². The van der Waals surface area contributed by atoms with Crippen molar-refractivity contribution in [2.75, 3.05) is 0 Å². The molecule has 20 heavy (non-hydrogen) atoms. The Hall–Kier alpha value is -1.21. The first-order chi connectivity index (χ1) is 9.29. The zero-order valence-corrected chi connectivity index (χ0v) is 12.7. The van der Waals surface area contributed by atoms with Crippen molar-refractivity contribution in [3.63, 3.8) is 0 Å². The van der Waals surface area contributed by atoms with Crippen LogP contribution in [0.2, 0.25) is 15.2 Å². The molecule has 2 aromatic rings. The third-order valence-corrected chi connectivity index (χ3v) is 4.56. The first-order valence-corrected chi connectivity index (χ1v) is 7.78. The average Bonchev–Trinajstić information content (AvgIpc) is 2.69. The summed E-state index contributed by atoms with van der Waals surface area (Å²) in [7, 11) is -4.02. The molecule has 0 atom stereocenters. The Balaban J connectivity index is 2.26. The average molecular weight is 354 g/mol. The molecule has 0 spiro atoms. The number of hydrogen-bond acceptors (Lipinski definition) is 3. The molecule has 0 radical (unpaired) electrons. The van der Waals surface area contributed by atoms with E-state index in [1.807, 2.05) is 4.72 Å². The predicted molar refractivity (Wildman–Crippen MR) is 76.9 cm³/mol. The molecule has 0 aliphatic heterocycles. The summed E-state index contributed by atoms with van der Waals surface area (Å²) in [6.45, 7) is 0. The van der Waals surface area contributed by atoms with Crippen LogP contribution in [0.3, 0.4) is 0 Å². The molecular formula is C11H7Cl3N2O3S. The number of aromatic nitrogens is 1. The highest BCUT2D eigenvalue weighted by Gasteiger charge is 2.20. The number of carbonyl (C=O) groups excluding carboxylic acids is 1. The maximum absolute atomic E-state index is 12.0. The van der Waals surface area contributed by atoms with E-state index < -0.39 is 15.9 Å². The van der Waals surface area contributed by atoms with E-state index in [1.54, 1.807) is 0 Å². The van der Waals surface area contributed by atoms with Crippen LogP contribution < -0.4 is 4.72 Å². The lowest BCUT2D eigenvalue weighted by Gasteiger charge is -2.06. The minimum Gasteiger partial charge on any atom is -0.340 e. The van der Waals surface area contributed by atoms with Gasteiger partial charge >= 0.3 is 0 Å². The summed E-state index contributed by atoms with van der Waals surface area (Å²) < 4.78 is 25.9. The van der Waals surface area contributed by atoms with E-state index in [9.17, 15) is 13.2 Å². The lowest BCUT2D eigenvalue weighted by molar-refractivity contribution is 0.0977. The molecule has 0 bridgehead atoms. The van der Waals surface area contributed by atoms with Gasteiger partial charge in [-0.25, -0.2) is 13.1 Å². The molecule has 0 fully saturated rings. The van der Waals surface area contributed by atoms with E-state index in [0.717, 1.165) is 0 Å². The van der Waals surface area contributed by atoms with Gasteiger partial charge in [0.2, 0.25) is 0 Å². The van der Waals surface area contributed by atoms with Crippen LogP contribution in [-0.4, -0.2) is 19.3 Å². The summed E-state index contributed by atoms with van der Waals surface area (Å²) in [6.07, 6.45) is 0. The molecule has 9 heteroatoms. The summed E-state index contributed by atoms with van der Waals surface area (Å²) >= 11 is 17.0. The maximum Gasteiger partial charge on any atom is 0.281 e. The van der Waals surface area contributed by atoms with Gasteiger partial charge in [-0.2, -0.15) is 0 Å². The largest absolute Gasteiger partial charge is 0.340 e. The van der Waals surface area contributed by atoms with E-state index >= 15 is 0 Å². The molecule has 0 saturated heterocycles. The number of sulfonamides is 1. The van der Waals surface area contributed by atoms with Crippen LogP contribution in [0.4, 0.5) is 0 Å². The predicted octanol–water partition coefficient (Wildman–Crippen LogP) is 3.09. The van der Waals surface area contributed by atoms with Gasteiger partial charge in [-0.3, -0.25) is 4.79 Å². The van der Waals surface area contributed by atoms with Gasteiger partial charge in [-0.05, 0) is 24.3 Å². The van der Waals surface area contributed by atoms with Crippen molar-refractivity contribution < 1.29 is 13.2 Å². The number of aromatic amines is 1. The zero-order valence-electron chi connectivity index (χ0n) is 9.65. The number of carbonyl (C=O) groups is 1. The zero-order chi connectivity index (χ0) is 14.9. The van der Waals surface area contributed by atoms with Crippen molar-refractivity contribution in [2.45, 2.75) is 4.90 Å². The molecule has 1 heterocycles. The van der Waals surface area contributed by atoms with Gasteiger partial charge in [-0.1, -0.05) is 40.9 Å². The summed E-state index contributed by atoms with van der Waals surface area (Å²) in [5, 5.41) is 0.417. The summed E-state index contributed by atoms with van der Waals surface area (Å²) in [5.41, 5.74) is -0.0643. The maximum atomic E-state index is 12.0. The van der Waals surface area contributed by atoms with Gasteiger partial charge < -0.3 is 4.98 Å². The molecular weight excluding hydrogens is 347 g/mol.